The van der Waals surface area contributed by atoms with E-state index in [-0.39, 0.29) is 17.7 Å². The molecule has 3 amide bonds. The lowest BCUT2D eigenvalue weighted by Gasteiger charge is -2.31. The molecule has 1 aliphatic rings. The third kappa shape index (κ3) is 7.92. The van der Waals surface area contributed by atoms with Gasteiger partial charge in [-0.3, -0.25) is 14.4 Å². The minimum atomic E-state index is -0.738. The Morgan fingerprint density at radius 1 is 0.900 bits per heavy atom. The number of carbonyl (C=O) groups excluding carboxylic acids is 3. The first-order valence-corrected chi connectivity index (χ1v) is 14.3. The van der Waals surface area contributed by atoms with Gasteiger partial charge in [-0.1, -0.05) is 93.6 Å². The highest BCUT2D eigenvalue weighted by Gasteiger charge is 2.39. The van der Waals surface area contributed by atoms with Crippen molar-refractivity contribution in [2.45, 2.75) is 65.1 Å². The molecule has 2 atom stereocenters. The van der Waals surface area contributed by atoms with Crippen molar-refractivity contribution >= 4 is 28.5 Å². The molecule has 1 aliphatic heterocycles. The van der Waals surface area contributed by atoms with E-state index < -0.39 is 17.5 Å². The number of nitrogens with one attached hydrogen (secondary N) is 3. The molecule has 0 aliphatic carbocycles. The Bertz CT molecular complexity index is 1300. The van der Waals surface area contributed by atoms with Crippen LogP contribution in [0.4, 0.5) is 0 Å². The van der Waals surface area contributed by atoms with Crippen molar-refractivity contribution in [1.82, 2.24) is 20.9 Å². The van der Waals surface area contributed by atoms with Gasteiger partial charge in [-0.25, -0.2) is 0 Å². The number of hydrogen-bond acceptors (Lipinski definition) is 4. The van der Waals surface area contributed by atoms with Gasteiger partial charge in [-0.15, -0.1) is 0 Å². The van der Waals surface area contributed by atoms with Gasteiger partial charge in [0.05, 0.1) is 0 Å². The second-order valence-electron chi connectivity index (χ2n) is 11.7. The Kier molecular flexibility index (Phi) is 9.93. The zero-order chi connectivity index (χ0) is 28.5. The molecule has 1 fully saturated rings. The molecule has 1 heterocycles. The van der Waals surface area contributed by atoms with E-state index in [1.165, 1.54) is 5.56 Å². The van der Waals surface area contributed by atoms with Gasteiger partial charge >= 0.3 is 0 Å². The number of amides is 3. The third-order valence-corrected chi connectivity index (χ3v) is 7.35. The van der Waals surface area contributed by atoms with Gasteiger partial charge in [0.15, 0.2) is 0 Å². The molecule has 7 heteroatoms. The van der Waals surface area contributed by atoms with Gasteiger partial charge in [0.2, 0.25) is 17.7 Å². The summed E-state index contributed by atoms with van der Waals surface area (Å²) >= 11 is 0. The molecule has 1 saturated heterocycles. The van der Waals surface area contributed by atoms with Crippen molar-refractivity contribution < 1.29 is 14.4 Å². The maximum Gasteiger partial charge on any atom is 0.243 e. The van der Waals surface area contributed by atoms with Crippen LogP contribution in [0.3, 0.4) is 0 Å². The van der Waals surface area contributed by atoms with Crippen LogP contribution in [0, 0.1) is 5.41 Å². The number of likely N-dealkylation sites (tertiary alicyclic amines) is 1. The summed E-state index contributed by atoms with van der Waals surface area (Å²) in [6, 6.07) is 23.1. The first kappa shape index (κ1) is 29.3. The standard InChI is InChI=1S/C33H42N4O3/c1-33(2,3)32(40)37-20-9-15-29(37)31(39)36-28(22-25-16-17-26-13-7-8-14-27(26)21-25)30(38)35-19-10-18-34-23-24-11-5-4-6-12-24/h4-8,11-14,16-17,21,28-29,34H,9-10,15,18-20,22-23H2,1-3H3,(H,35,38)(H,36,39)/t28-,29?/m1/s1. The normalized spacial score (nSPS) is 16.1. The van der Waals surface area contributed by atoms with Crippen molar-refractivity contribution in [1.29, 1.82) is 0 Å². The minimum Gasteiger partial charge on any atom is -0.354 e. The average molecular weight is 543 g/mol. The van der Waals surface area contributed by atoms with Gasteiger partial charge < -0.3 is 20.9 Å². The van der Waals surface area contributed by atoms with E-state index in [0.717, 1.165) is 42.3 Å². The number of fused-ring (bicyclic) bond motifs is 1. The molecule has 4 rings (SSSR count). The second kappa shape index (κ2) is 13.6. The van der Waals surface area contributed by atoms with Crippen LogP contribution in [-0.2, 0) is 27.3 Å². The number of nitrogens with zero attached hydrogens (tertiary/aromatic N) is 1. The molecule has 0 spiro atoms. The van der Waals surface area contributed by atoms with Crippen LogP contribution in [0.25, 0.3) is 10.8 Å². The SMILES string of the molecule is CC(C)(C)C(=O)N1CCCC1C(=O)N[C@H](Cc1ccc2ccccc2c1)C(=O)NCCCNCc1ccccc1. The molecule has 40 heavy (non-hydrogen) atoms. The molecule has 212 valence electrons. The number of carbonyl (C=O) groups is 3. The van der Waals surface area contributed by atoms with Crippen molar-refractivity contribution in [3.63, 3.8) is 0 Å². The topological polar surface area (TPSA) is 90.5 Å². The fraction of sp³-hybridized carbons (Fsp3) is 0.424. The first-order chi connectivity index (χ1) is 19.2. The Morgan fingerprint density at radius 2 is 1.62 bits per heavy atom. The molecule has 3 N–H and O–H groups in total. The lowest BCUT2D eigenvalue weighted by molar-refractivity contribution is -0.145. The summed E-state index contributed by atoms with van der Waals surface area (Å²) in [6.45, 7) is 8.21. The first-order valence-electron chi connectivity index (χ1n) is 14.3. The monoisotopic (exact) mass is 542 g/mol. The molecule has 0 aromatic heterocycles. The smallest absolute Gasteiger partial charge is 0.243 e. The average Bonchev–Trinajstić information content (AvgIpc) is 3.44. The van der Waals surface area contributed by atoms with E-state index in [2.05, 4.69) is 40.2 Å². The summed E-state index contributed by atoms with van der Waals surface area (Å²) < 4.78 is 0. The van der Waals surface area contributed by atoms with E-state index in [1.54, 1.807) is 4.90 Å². The van der Waals surface area contributed by atoms with Crippen molar-refractivity contribution in [3.8, 4) is 0 Å². The van der Waals surface area contributed by atoms with Crippen LogP contribution in [0.1, 0.15) is 51.2 Å². The van der Waals surface area contributed by atoms with Gasteiger partial charge in [0, 0.05) is 31.5 Å². The second-order valence-corrected chi connectivity index (χ2v) is 11.7. The Labute approximate surface area is 237 Å². The van der Waals surface area contributed by atoms with Gasteiger partial charge in [0.25, 0.3) is 0 Å². The quantitative estimate of drug-likeness (QED) is 0.317. The van der Waals surface area contributed by atoms with Crippen molar-refractivity contribution in [2.75, 3.05) is 19.6 Å². The van der Waals surface area contributed by atoms with Crippen LogP contribution in [0.2, 0.25) is 0 Å². The highest BCUT2D eigenvalue weighted by Crippen LogP contribution is 2.26. The summed E-state index contributed by atoms with van der Waals surface area (Å²) in [5, 5.41) is 11.6. The van der Waals surface area contributed by atoms with Crippen LogP contribution in [0.5, 0.6) is 0 Å². The van der Waals surface area contributed by atoms with Crippen LogP contribution in [0.15, 0.2) is 72.8 Å². The van der Waals surface area contributed by atoms with Crippen LogP contribution < -0.4 is 16.0 Å². The zero-order valence-electron chi connectivity index (χ0n) is 23.9. The Morgan fingerprint density at radius 3 is 2.38 bits per heavy atom. The zero-order valence-corrected chi connectivity index (χ0v) is 23.9. The lowest BCUT2D eigenvalue weighted by atomic mass is 9.94. The van der Waals surface area contributed by atoms with E-state index >= 15 is 0 Å². The van der Waals surface area contributed by atoms with Crippen molar-refractivity contribution in [2.24, 2.45) is 5.41 Å². The number of benzene rings is 3. The molecular weight excluding hydrogens is 500 g/mol. The van der Waals surface area contributed by atoms with Gasteiger partial charge in [-0.05, 0) is 47.7 Å². The Hall–Kier alpha value is -3.71. The molecule has 0 saturated carbocycles. The molecule has 0 bridgehead atoms. The summed E-state index contributed by atoms with van der Waals surface area (Å²) in [5.41, 5.74) is 1.62. The highest BCUT2D eigenvalue weighted by atomic mass is 16.2. The molecule has 0 radical (unpaired) electrons. The molecule has 1 unspecified atom stereocenters. The predicted octanol–water partition coefficient (Wildman–Crippen LogP) is 4.20. The molecule has 3 aromatic carbocycles. The van der Waals surface area contributed by atoms with Gasteiger partial charge in [0.1, 0.15) is 12.1 Å². The Balaban J connectivity index is 1.39. The number of rotatable bonds is 11. The summed E-state index contributed by atoms with van der Waals surface area (Å²) in [6.07, 6.45) is 2.52. The molecule has 7 nitrogen and oxygen atoms in total. The fourth-order valence-corrected chi connectivity index (χ4v) is 5.17. The molecule has 3 aromatic rings. The van der Waals surface area contributed by atoms with E-state index in [4.69, 9.17) is 0 Å². The lowest BCUT2D eigenvalue weighted by Crippen LogP contribution is -2.55. The molecular formula is C33H42N4O3. The summed E-state index contributed by atoms with van der Waals surface area (Å²) in [5.74, 6) is -0.513. The highest BCUT2D eigenvalue weighted by molar-refractivity contribution is 5.93. The number of hydrogen-bond donors (Lipinski definition) is 3. The van der Waals surface area contributed by atoms with E-state index in [1.807, 2.05) is 69.3 Å². The minimum absolute atomic E-state index is 0.0383. The maximum atomic E-state index is 13.5. The van der Waals surface area contributed by atoms with E-state index in [9.17, 15) is 14.4 Å². The van der Waals surface area contributed by atoms with Gasteiger partial charge in [-0.2, -0.15) is 0 Å². The third-order valence-electron chi connectivity index (χ3n) is 7.35. The summed E-state index contributed by atoms with van der Waals surface area (Å²) in [4.78, 5) is 41.5. The summed E-state index contributed by atoms with van der Waals surface area (Å²) in [7, 11) is 0. The fourth-order valence-electron chi connectivity index (χ4n) is 5.17. The predicted molar refractivity (Wildman–Crippen MR) is 160 cm³/mol. The largest absolute Gasteiger partial charge is 0.354 e. The maximum absolute atomic E-state index is 13.5. The van der Waals surface area contributed by atoms with Crippen LogP contribution >= 0.6 is 0 Å². The van der Waals surface area contributed by atoms with Crippen LogP contribution in [-0.4, -0.2) is 54.3 Å². The van der Waals surface area contributed by atoms with Crippen molar-refractivity contribution in [3.05, 3.63) is 83.9 Å². The van der Waals surface area contributed by atoms with E-state index in [0.29, 0.717) is 25.9 Å².